The number of carboxylic acid groups (broad SMARTS) is 1. The predicted molar refractivity (Wildman–Crippen MR) is 234 cm³/mol. The van der Waals surface area contributed by atoms with Crippen LogP contribution in [-0.2, 0) is 14.4 Å². The van der Waals surface area contributed by atoms with Crippen molar-refractivity contribution in [3.8, 4) is 0 Å². The van der Waals surface area contributed by atoms with E-state index in [1.807, 2.05) is 69.3 Å². The summed E-state index contributed by atoms with van der Waals surface area (Å²) in [6.07, 6.45) is 13.1. The van der Waals surface area contributed by atoms with E-state index >= 15 is 4.79 Å². The van der Waals surface area contributed by atoms with Gasteiger partial charge < -0.3 is 37.0 Å². The summed E-state index contributed by atoms with van der Waals surface area (Å²) in [5.74, 6) is -6.10. The first-order valence-electron chi connectivity index (χ1n) is 22.8. The number of hydrogen-bond donors (Lipinski definition) is 7. The number of guanidine groups is 1. The minimum atomic E-state index is -2.25. The van der Waals surface area contributed by atoms with Gasteiger partial charge in [-0.2, -0.15) is 0 Å². The lowest BCUT2D eigenvalue weighted by Gasteiger charge is -2.70. The van der Waals surface area contributed by atoms with Crippen LogP contribution in [0.15, 0.2) is 98.3 Å². The molecule has 12 unspecified atom stereocenters. The zero-order valence-electron chi connectivity index (χ0n) is 36.5. The van der Waals surface area contributed by atoms with Crippen molar-refractivity contribution < 1.29 is 39.9 Å². The number of aliphatic hydroxyl groups is 4. The molecule has 11 nitrogen and oxygen atoms in total. The number of rotatable bonds is 6. The summed E-state index contributed by atoms with van der Waals surface area (Å²) in [5.41, 5.74) is 6.89. The Morgan fingerprint density at radius 1 is 0.984 bits per heavy atom. The average Bonchev–Trinajstić information content (AvgIpc) is 3.69. The Hall–Kier alpha value is -4.58. The number of ketones is 2. The van der Waals surface area contributed by atoms with Gasteiger partial charge in [0.2, 0.25) is 0 Å². The molecule has 12 atom stereocenters. The molecule has 4 bridgehead atoms. The number of carbonyl (C=O) groups is 3. The van der Waals surface area contributed by atoms with E-state index in [2.05, 4.69) is 18.0 Å². The molecule has 328 valence electrons. The van der Waals surface area contributed by atoms with E-state index in [1.165, 1.54) is 6.92 Å². The Morgan fingerprint density at radius 2 is 1.69 bits per heavy atom. The minimum Gasteiger partial charge on any atom is -0.508 e. The maximum Gasteiger partial charge on any atom is 0.334 e. The molecule has 0 radical (unpaired) electrons. The molecule has 3 saturated carbocycles. The highest BCUT2D eigenvalue weighted by Crippen LogP contribution is 2.85. The van der Waals surface area contributed by atoms with E-state index in [4.69, 9.17) is 11.5 Å². The Labute approximate surface area is 363 Å². The van der Waals surface area contributed by atoms with Crippen LogP contribution in [0.2, 0.25) is 0 Å². The summed E-state index contributed by atoms with van der Waals surface area (Å²) in [6.45, 7) is 9.22. The van der Waals surface area contributed by atoms with Crippen LogP contribution in [0.3, 0.4) is 0 Å². The summed E-state index contributed by atoms with van der Waals surface area (Å²) in [5, 5.41) is 64.6. The second kappa shape index (κ2) is 13.0. The molecule has 1 spiro atoms. The van der Waals surface area contributed by atoms with Crippen molar-refractivity contribution in [1.29, 1.82) is 0 Å². The lowest BCUT2D eigenvalue weighted by Crippen LogP contribution is -2.72. The zero-order chi connectivity index (χ0) is 44.3. The summed E-state index contributed by atoms with van der Waals surface area (Å²) in [6, 6.07) is 9.93. The molecular weight excluding hydrogens is 783 g/mol. The average molecular weight is 844 g/mol. The van der Waals surface area contributed by atoms with Crippen molar-refractivity contribution in [2.24, 2.45) is 73.6 Å². The molecular formula is C51H61N3O8. The largest absolute Gasteiger partial charge is 0.508 e. The third-order valence-corrected chi connectivity index (χ3v) is 18.9. The molecule has 0 saturated heterocycles. The number of aliphatic carboxylic acids is 1. The topological polar surface area (TPSA) is 217 Å². The van der Waals surface area contributed by atoms with E-state index in [0.29, 0.717) is 60.0 Å². The first-order valence-corrected chi connectivity index (χ1v) is 22.8. The van der Waals surface area contributed by atoms with Gasteiger partial charge >= 0.3 is 5.97 Å². The van der Waals surface area contributed by atoms with E-state index in [1.54, 1.807) is 0 Å². The normalized spacial score (nSPS) is 43.7. The highest BCUT2D eigenvalue weighted by atomic mass is 16.4. The number of aliphatic imine (C=N–C) groups is 1. The van der Waals surface area contributed by atoms with Gasteiger partial charge in [-0.1, -0.05) is 101 Å². The number of Topliss-reactive ketones (excluding diaryl/α,β-unsaturated/α-hetero) is 2. The first kappa shape index (κ1) is 41.4. The summed E-state index contributed by atoms with van der Waals surface area (Å²) in [7, 11) is 0. The fraction of sp³-hybridized carbons (Fsp3) is 0.569. The number of carboxylic acids is 1. The number of nitrogens with zero attached hydrogens (tertiary/aromatic N) is 1. The van der Waals surface area contributed by atoms with Crippen LogP contribution in [0.4, 0.5) is 0 Å². The van der Waals surface area contributed by atoms with Gasteiger partial charge in [-0.15, -0.1) is 0 Å². The van der Waals surface area contributed by atoms with Crippen LogP contribution in [-0.4, -0.2) is 72.4 Å². The van der Waals surface area contributed by atoms with Gasteiger partial charge in [-0.05, 0) is 96.1 Å². The predicted octanol–water partition coefficient (Wildman–Crippen LogP) is 6.41. The van der Waals surface area contributed by atoms with Crippen molar-refractivity contribution in [2.45, 2.75) is 116 Å². The van der Waals surface area contributed by atoms with Crippen LogP contribution < -0.4 is 11.5 Å². The number of aliphatic hydroxyl groups excluding tert-OH is 1. The first-order chi connectivity index (χ1) is 29.2. The zero-order valence-corrected chi connectivity index (χ0v) is 36.5. The van der Waals surface area contributed by atoms with Crippen molar-refractivity contribution in [1.82, 2.24) is 0 Å². The van der Waals surface area contributed by atoms with E-state index in [0.717, 1.165) is 30.4 Å². The highest BCUT2D eigenvalue weighted by molar-refractivity contribution is 6.02. The standard InChI is InChI=1S/C51H61N3O8/c1-26-33(25-54-44(52)53)50(61,42(57)27(2)43(58)59)31-17-15-29-22-30-23-49(60)32(16-14-28-12-8-6-9-13-28)40-45(3,4)35(56)18-21-47(40)19-10-7-11-20-48-24-34(55)38(47)41(49)46(48,5)51(30,62)39(36(29)31)37(26)48/h6,8-9,12-14,16-17,23,26,32-33,37,39-40,57,60-62H,7,10-11,15,18-22,24-25H2,1-5H3,(H,58,59)(H4,52,53,54). The lowest BCUT2D eigenvalue weighted by molar-refractivity contribution is -0.171. The number of hydrogen-bond acceptors (Lipinski definition) is 8. The summed E-state index contributed by atoms with van der Waals surface area (Å²) in [4.78, 5) is 47.3. The lowest BCUT2D eigenvalue weighted by atomic mass is 9.33. The number of nitrogens with two attached hydrogens (primary N) is 2. The Morgan fingerprint density at radius 3 is 2.39 bits per heavy atom. The molecule has 0 aromatic heterocycles. The van der Waals surface area contributed by atoms with Crippen LogP contribution in [0.25, 0.3) is 6.08 Å². The Balaban J connectivity index is 1.34. The monoisotopic (exact) mass is 843 g/mol. The van der Waals surface area contributed by atoms with Gasteiger partial charge in [0.15, 0.2) is 17.3 Å². The maximum atomic E-state index is 16.0. The van der Waals surface area contributed by atoms with Crippen LogP contribution in [0.5, 0.6) is 0 Å². The van der Waals surface area contributed by atoms with Crippen molar-refractivity contribution in [3.05, 3.63) is 98.9 Å². The number of allylic oxidation sites excluding steroid dienone is 3. The molecule has 1 aromatic rings. The summed E-state index contributed by atoms with van der Waals surface area (Å²) >= 11 is 0. The third-order valence-electron chi connectivity index (χ3n) is 18.9. The maximum absolute atomic E-state index is 16.0. The van der Waals surface area contributed by atoms with Gasteiger partial charge in [0, 0.05) is 59.0 Å². The van der Waals surface area contributed by atoms with Crippen LogP contribution in [0.1, 0.15) is 104 Å². The molecule has 0 aliphatic heterocycles. The highest BCUT2D eigenvalue weighted by Gasteiger charge is 2.85. The molecule has 3 fully saturated rings. The molecule has 11 heteroatoms. The van der Waals surface area contributed by atoms with Crippen molar-refractivity contribution in [2.75, 3.05) is 6.54 Å². The van der Waals surface area contributed by atoms with Crippen molar-refractivity contribution >= 4 is 29.6 Å². The number of carbonyl (C=O) groups excluding carboxylic acids is 2. The third kappa shape index (κ3) is 4.62. The fourth-order valence-electron chi connectivity index (χ4n) is 16.7. The SMILES string of the molecule is CC(C(=O)O)=C(O)C1(O)C2=CCC3=C2C2C(C(C)C1CN=C(N)N)C14CCCCCC56CCC(=O)C(C)(C)C5C(C=Cc5ccccc5)C5(O)C=C(C3)C2(O)C1(C)C5=C6C(=O)C4. The van der Waals surface area contributed by atoms with E-state index < -0.39 is 91.3 Å². The molecule has 1 aromatic carbocycles. The second-order valence-electron chi connectivity index (χ2n) is 21.3. The molecule has 62 heavy (non-hydrogen) atoms. The smallest absolute Gasteiger partial charge is 0.334 e. The van der Waals surface area contributed by atoms with E-state index in [-0.39, 0.29) is 36.9 Å². The Bertz CT molecular complexity index is 2470. The second-order valence-corrected chi connectivity index (χ2v) is 21.3. The van der Waals surface area contributed by atoms with Gasteiger partial charge in [-0.25, -0.2) is 4.79 Å². The molecule has 10 rings (SSSR count). The Kier molecular flexibility index (Phi) is 8.69. The fourth-order valence-corrected chi connectivity index (χ4v) is 16.7. The van der Waals surface area contributed by atoms with Gasteiger partial charge in [0.1, 0.15) is 22.7 Å². The quantitative estimate of drug-likeness (QED) is 0.0549. The van der Waals surface area contributed by atoms with E-state index in [9.17, 15) is 35.1 Å². The molecule has 9 aliphatic carbocycles. The van der Waals surface area contributed by atoms with Crippen LogP contribution in [0, 0.1) is 57.2 Å². The summed E-state index contributed by atoms with van der Waals surface area (Å²) < 4.78 is 0. The minimum absolute atomic E-state index is 0.0501. The van der Waals surface area contributed by atoms with Gasteiger partial charge in [-0.3, -0.25) is 14.6 Å². The van der Waals surface area contributed by atoms with Crippen molar-refractivity contribution in [3.63, 3.8) is 0 Å². The molecule has 0 heterocycles. The molecule has 9 N–H and O–H groups in total. The molecule has 9 aliphatic rings. The van der Waals surface area contributed by atoms with Gasteiger partial charge in [0.05, 0.1) is 5.57 Å². The number of benzene rings is 1. The van der Waals surface area contributed by atoms with Gasteiger partial charge in [0.25, 0.3) is 0 Å². The molecule has 0 amide bonds. The van der Waals surface area contributed by atoms with Crippen LogP contribution >= 0.6 is 0 Å².